The molecule has 0 aromatic heterocycles. The van der Waals surface area contributed by atoms with Crippen LogP contribution in [0.4, 0.5) is 0 Å². The van der Waals surface area contributed by atoms with Crippen LogP contribution in [0.3, 0.4) is 0 Å². The fourth-order valence-corrected chi connectivity index (χ4v) is 3.26. The van der Waals surface area contributed by atoms with Gasteiger partial charge in [0.25, 0.3) is 0 Å². The van der Waals surface area contributed by atoms with Gasteiger partial charge >= 0.3 is 0 Å². The van der Waals surface area contributed by atoms with Gasteiger partial charge in [-0.2, -0.15) is 0 Å². The molecular formula is C13H26N2. The summed E-state index contributed by atoms with van der Waals surface area (Å²) in [6, 6.07) is 1.59. The Morgan fingerprint density at radius 1 is 1.33 bits per heavy atom. The molecule has 1 aliphatic carbocycles. The summed E-state index contributed by atoms with van der Waals surface area (Å²) in [4.78, 5) is 2.74. The summed E-state index contributed by atoms with van der Waals surface area (Å²) in [7, 11) is 0. The summed E-state index contributed by atoms with van der Waals surface area (Å²) in [6.07, 6.45) is 7.24. The molecule has 3 atom stereocenters. The van der Waals surface area contributed by atoms with E-state index in [1.165, 1.54) is 51.7 Å². The SMILES string of the molecule is CCC1CCCC(N2CCNC(C)C2)C1. The van der Waals surface area contributed by atoms with Gasteiger partial charge in [0.15, 0.2) is 0 Å². The van der Waals surface area contributed by atoms with Crippen LogP contribution < -0.4 is 5.32 Å². The molecule has 0 bridgehead atoms. The third-order valence-corrected chi connectivity index (χ3v) is 4.25. The summed E-state index contributed by atoms with van der Waals surface area (Å²) in [6.45, 7) is 8.39. The highest BCUT2D eigenvalue weighted by Gasteiger charge is 2.28. The van der Waals surface area contributed by atoms with Gasteiger partial charge in [0.2, 0.25) is 0 Å². The van der Waals surface area contributed by atoms with Crippen LogP contribution in [-0.2, 0) is 0 Å². The van der Waals surface area contributed by atoms with Gasteiger partial charge in [-0.1, -0.05) is 26.2 Å². The normalized spacial score (nSPS) is 39.2. The largest absolute Gasteiger partial charge is 0.312 e. The minimum atomic E-state index is 0.695. The maximum absolute atomic E-state index is 3.53. The first kappa shape index (κ1) is 11.4. The molecule has 0 radical (unpaired) electrons. The van der Waals surface area contributed by atoms with Crippen LogP contribution in [0.2, 0.25) is 0 Å². The van der Waals surface area contributed by atoms with Gasteiger partial charge in [0, 0.05) is 31.7 Å². The van der Waals surface area contributed by atoms with Crippen LogP contribution in [0.25, 0.3) is 0 Å². The highest BCUT2D eigenvalue weighted by molar-refractivity contribution is 4.84. The number of piperazine rings is 1. The summed E-state index contributed by atoms with van der Waals surface area (Å²) in [5.41, 5.74) is 0. The fourth-order valence-electron chi connectivity index (χ4n) is 3.26. The molecule has 2 aliphatic rings. The lowest BCUT2D eigenvalue weighted by molar-refractivity contribution is 0.0990. The van der Waals surface area contributed by atoms with E-state index in [1.807, 2.05) is 0 Å². The first-order valence-electron chi connectivity index (χ1n) is 6.77. The van der Waals surface area contributed by atoms with Gasteiger partial charge in [-0.15, -0.1) is 0 Å². The van der Waals surface area contributed by atoms with E-state index in [1.54, 1.807) is 0 Å². The van der Waals surface area contributed by atoms with Crippen LogP contribution in [0.5, 0.6) is 0 Å². The predicted molar refractivity (Wildman–Crippen MR) is 65.1 cm³/mol. The molecule has 1 aliphatic heterocycles. The first-order chi connectivity index (χ1) is 7.29. The van der Waals surface area contributed by atoms with Crippen molar-refractivity contribution in [3.8, 4) is 0 Å². The van der Waals surface area contributed by atoms with Crippen molar-refractivity contribution in [2.24, 2.45) is 5.92 Å². The number of hydrogen-bond donors (Lipinski definition) is 1. The molecule has 2 nitrogen and oxygen atoms in total. The van der Waals surface area contributed by atoms with Crippen LogP contribution in [0.1, 0.15) is 46.0 Å². The van der Waals surface area contributed by atoms with Crippen molar-refractivity contribution in [3.05, 3.63) is 0 Å². The molecule has 1 N–H and O–H groups in total. The molecule has 0 spiro atoms. The van der Waals surface area contributed by atoms with E-state index >= 15 is 0 Å². The van der Waals surface area contributed by atoms with E-state index < -0.39 is 0 Å². The zero-order valence-electron chi connectivity index (χ0n) is 10.3. The molecule has 1 saturated heterocycles. The van der Waals surface area contributed by atoms with Crippen LogP contribution >= 0.6 is 0 Å². The Labute approximate surface area is 94.4 Å². The standard InChI is InChI=1S/C13H26N2/c1-3-12-5-4-6-13(9-12)15-8-7-14-11(2)10-15/h11-14H,3-10H2,1-2H3. The van der Waals surface area contributed by atoms with E-state index in [0.29, 0.717) is 6.04 Å². The molecule has 0 amide bonds. The molecule has 2 heteroatoms. The molecular weight excluding hydrogens is 184 g/mol. The zero-order chi connectivity index (χ0) is 10.7. The van der Waals surface area contributed by atoms with Crippen LogP contribution in [0, 0.1) is 5.92 Å². The molecule has 88 valence electrons. The molecule has 1 saturated carbocycles. The third kappa shape index (κ3) is 2.94. The van der Waals surface area contributed by atoms with Crippen molar-refractivity contribution < 1.29 is 0 Å². The maximum atomic E-state index is 3.53. The number of nitrogens with zero attached hydrogens (tertiary/aromatic N) is 1. The highest BCUT2D eigenvalue weighted by atomic mass is 15.2. The average molecular weight is 210 g/mol. The average Bonchev–Trinajstić information content (AvgIpc) is 2.29. The van der Waals surface area contributed by atoms with E-state index in [0.717, 1.165) is 12.0 Å². The van der Waals surface area contributed by atoms with Gasteiger partial charge in [0.1, 0.15) is 0 Å². The van der Waals surface area contributed by atoms with Gasteiger partial charge in [-0.05, 0) is 25.7 Å². The monoisotopic (exact) mass is 210 g/mol. The lowest BCUT2D eigenvalue weighted by atomic mass is 9.83. The van der Waals surface area contributed by atoms with Crippen molar-refractivity contribution in [2.45, 2.75) is 58.0 Å². The Bertz CT molecular complexity index is 193. The first-order valence-corrected chi connectivity index (χ1v) is 6.77. The van der Waals surface area contributed by atoms with Crippen molar-refractivity contribution in [1.29, 1.82) is 0 Å². The van der Waals surface area contributed by atoms with Crippen LogP contribution in [0.15, 0.2) is 0 Å². The molecule has 3 unspecified atom stereocenters. The molecule has 2 rings (SSSR count). The number of nitrogens with one attached hydrogen (secondary N) is 1. The quantitative estimate of drug-likeness (QED) is 0.752. The summed E-state index contributed by atoms with van der Waals surface area (Å²) in [5, 5.41) is 3.53. The maximum Gasteiger partial charge on any atom is 0.0167 e. The second-order valence-corrected chi connectivity index (χ2v) is 5.44. The minimum Gasteiger partial charge on any atom is -0.312 e. The van der Waals surface area contributed by atoms with E-state index in [-0.39, 0.29) is 0 Å². The molecule has 1 heterocycles. The van der Waals surface area contributed by atoms with Crippen LogP contribution in [-0.4, -0.2) is 36.6 Å². The molecule has 0 aromatic rings. The zero-order valence-corrected chi connectivity index (χ0v) is 10.3. The Kier molecular flexibility index (Phi) is 4.04. The predicted octanol–water partition coefficient (Wildman–Crippen LogP) is 2.25. The Morgan fingerprint density at radius 3 is 2.93 bits per heavy atom. The van der Waals surface area contributed by atoms with Gasteiger partial charge < -0.3 is 5.32 Å². The second kappa shape index (κ2) is 5.31. The lowest BCUT2D eigenvalue weighted by Gasteiger charge is -2.41. The second-order valence-electron chi connectivity index (χ2n) is 5.44. The van der Waals surface area contributed by atoms with Gasteiger partial charge in [0.05, 0.1) is 0 Å². The van der Waals surface area contributed by atoms with Gasteiger partial charge in [-0.25, -0.2) is 0 Å². The Morgan fingerprint density at radius 2 is 2.20 bits per heavy atom. The van der Waals surface area contributed by atoms with Crippen molar-refractivity contribution >= 4 is 0 Å². The van der Waals surface area contributed by atoms with Crippen molar-refractivity contribution in [2.75, 3.05) is 19.6 Å². The summed E-state index contributed by atoms with van der Waals surface area (Å²) in [5.74, 6) is 1.01. The van der Waals surface area contributed by atoms with Crippen molar-refractivity contribution in [1.82, 2.24) is 10.2 Å². The minimum absolute atomic E-state index is 0.695. The van der Waals surface area contributed by atoms with Crippen molar-refractivity contribution in [3.63, 3.8) is 0 Å². The Balaban J connectivity index is 1.86. The molecule has 0 aromatic carbocycles. The van der Waals surface area contributed by atoms with Gasteiger partial charge in [-0.3, -0.25) is 4.90 Å². The molecule has 2 fully saturated rings. The van der Waals surface area contributed by atoms with E-state index in [4.69, 9.17) is 0 Å². The van der Waals surface area contributed by atoms with E-state index in [2.05, 4.69) is 24.1 Å². The topological polar surface area (TPSA) is 15.3 Å². The smallest absolute Gasteiger partial charge is 0.0167 e. The fraction of sp³-hybridized carbons (Fsp3) is 1.00. The number of rotatable bonds is 2. The third-order valence-electron chi connectivity index (χ3n) is 4.25. The highest BCUT2D eigenvalue weighted by Crippen LogP contribution is 2.30. The lowest BCUT2D eigenvalue weighted by Crippen LogP contribution is -2.53. The number of hydrogen-bond acceptors (Lipinski definition) is 2. The summed E-state index contributed by atoms with van der Waals surface area (Å²) >= 11 is 0. The molecule has 15 heavy (non-hydrogen) atoms. The Hall–Kier alpha value is -0.0800. The summed E-state index contributed by atoms with van der Waals surface area (Å²) < 4.78 is 0. The van der Waals surface area contributed by atoms with E-state index in [9.17, 15) is 0 Å².